The summed E-state index contributed by atoms with van der Waals surface area (Å²) in [5.41, 5.74) is -0.822. The minimum absolute atomic E-state index is 0.00940. The van der Waals surface area contributed by atoms with E-state index >= 15 is 0 Å². The van der Waals surface area contributed by atoms with E-state index in [-0.39, 0.29) is 27.3 Å². The van der Waals surface area contributed by atoms with Gasteiger partial charge >= 0.3 is 0 Å². The van der Waals surface area contributed by atoms with E-state index < -0.39 is 5.60 Å². The van der Waals surface area contributed by atoms with Gasteiger partial charge in [-0.15, -0.1) is 0 Å². The molecule has 1 amide bonds. The normalized spacial score (nSPS) is 14.3. The number of carbonyl (C=O) groups excluding carboxylic acids is 2. The molecule has 6 heteroatoms. The van der Waals surface area contributed by atoms with Crippen LogP contribution in [0, 0.1) is 10.8 Å². The fourth-order valence-corrected chi connectivity index (χ4v) is 5.12. The minimum Gasteiger partial charge on any atom is -0.380 e. The van der Waals surface area contributed by atoms with Crippen molar-refractivity contribution in [3.05, 3.63) is 0 Å². The second-order valence-corrected chi connectivity index (χ2v) is 14.3. The van der Waals surface area contributed by atoms with Crippen molar-refractivity contribution in [2.24, 2.45) is 10.8 Å². The van der Waals surface area contributed by atoms with Crippen LogP contribution < -0.4 is 5.32 Å². The van der Waals surface area contributed by atoms with Gasteiger partial charge in [0.05, 0.1) is 25.2 Å². The molecule has 0 fully saturated rings. The van der Waals surface area contributed by atoms with E-state index in [0.29, 0.717) is 44.5 Å². The SMILES string of the molecule is CC.CCC(C)(CC(=O)NCC(C)(C)COCC(C)(C)CC(C)=O)OCCC(C)(C)SC(C)C. The highest BCUT2D eigenvalue weighted by Gasteiger charge is 2.30. The number of hydrogen-bond acceptors (Lipinski definition) is 5. The average molecular weight is 504 g/mol. The molecule has 0 aromatic heterocycles. The zero-order valence-electron chi connectivity index (χ0n) is 24.8. The van der Waals surface area contributed by atoms with Gasteiger partial charge < -0.3 is 19.6 Å². The molecular formula is C28H57NO4S. The summed E-state index contributed by atoms with van der Waals surface area (Å²) in [5.74, 6) is 0.184. The summed E-state index contributed by atoms with van der Waals surface area (Å²) in [5, 5.41) is 3.65. The summed E-state index contributed by atoms with van der Waals surface area (Å²) in [7, 11) is 0. The third-order valence-corrected chi connectivity index (χ3v) is 6.78. The van der Waals surface area contributed by atoms with Gasteiger partial charge in [0.15, 0.2) is 0 Å². The van der Waals surface area contributed by atoms with Crippen LogP contribution in [0.3, 0.4) is 0 Å². The lowest BCUT2D eigenvalue weighted by Gasteiger charge is -2.32. The number of amides is 1. The fraction of sp³-hybridized carbons (Fsp3) is 0.929. The van der Waals surface area contributed by atoms with Gasteiger partial charge in [0, 0.05) is 29.7 Å². The molecule has 1 N–H and O–H groups in total. The number of Topliss-reactive ketones (excluding diaryl/α,β-unsaturated/α-hetero) is 1. The Morgan fingerprint density at radius 3 is 1.91 bits per heavy atom. The molecule has 0 saturated carbocycles. The van der Waals surface area contributed by atoms with Crippen LogP contribution in [-0.2, 0) is 19.1 Å². The van der Waals surface area contributed by atoms with Crippen molar-refractivity contribution in [2.45, 2.75) is 131 Å². The van der Waals surface area contributed by atoms with Gasteiger partial charge in [0.1, 0.15) is 5.78 Å². The predicted molar refractivity (Wildman–Crippen MR) is 149 cm³/mol. The van der Waals surface area contributed by atoms with Crippen LogP contribution in [-0.4, -0.2) is 53.7 Å². The highest BCUT2D eigenvalue weighted by molar-refractivity contribution is 8.01. The lowest BCUT2D eigenvalue weighted by Crippen LogP contribution is -2.42. The van der Waals surface area contributed by atoms with E-state index in [1.54, 1.807) is 6.92 Å². The molecule has 1 unspecified atom stereocenters. The van der Waals surface area contributed by atoms with Crippen molar-refractivity contribution in [2.75, 3.05) is 26.4 Å². The lowest BCUT2D eigenvalue weighted by atomic mass is 9.88. The second-order valence-electron chi connectivity index (χ2n) is 12.0. The first-order valence-electron chi connectivity index (χ1n) is 13.1. The summed E-state index contributed by atoms with van der Waals surface area (Å²) in [6, 6.07) is 0. The number of carbonyl (C=O) groups is 2. The van der Waals surface area contributed by atoms with Crippen molar-refractivity contribution in [3.63, 3.8) is 0 Å². The third-order valence-electron chi connectivity index (χ3n) is 5.47. The predicted octanol–water partition coefficient (Wildman–Crippen LogP) is 7.06. The molecule has 0 aliphatic heterocycles. The van der Waals surface area contributed by atoms with Crippen molar-refractivity contribution < 1.29 is 19.1 Å². The van der Waals surface area contributed by atoms with Gasteiger partial charge in [0.2, 0.25) is 5.91 Å². The van der Waals surface area contributed by atoms with E-state index in [0.717, 1.165) is 12.8 Å². The zero-order chi connectivity index (χ0) is 27.2. The van der Waals surface area contributed by atoms with Gasteiger partial charge in [0.25, 0.3) is 0 Å². The number of hydrogen-bond donors (Lipinski definition) is 1. The maximum Gasteiger partial charge on any atom is 0.222 e. The summed E-state index contributed by atoms with van der Waals surface area (Å²) in [6.45, 7) is 29.1. The largest absolute Gasteiger partial charge is 0.380 e. The first-order chi connectivity index (χ1) is 15.4. The lowest BCUT2D eigenvalue weighted by molar-refractivity contribution is -0.129. The highest BCUT2D eigenvalue weighted by Crippen LogP contribution is 2.32. The summed E-state index contributed by atoms with van der Waals surface area (Å²) >= 11 is 1.96. The van der Waals surface area contributed by atoms with Crippen LogP contribution in [0.25, 0.3) is 0 Å². The van der Waals surface area contributed by atoms with Crippen molar-refractivity contribution in [1.29, 1.82) is 0 Å². The molecule has 0 heterocycles. The van der Waals surface area contributed by atoms with Gasteiger partial charge in [-0.25, -0.2) is 0 Å². The Balaban J connectivity index is 0. The number of ketones is 1. The van der Waals surface area contributed by atoms with E-state index in [1.165, 1.54) is 0 Å². The first kappa shape index (κ1) is 35.6. The number of thioether (sulfide) groups is 1. The summed E-state index contributed by atoms with van der Waals surface area (Å²) < 4.78 is 12.3. The molecule has 0 aliphatic carbocycles. The fourth-order valence-electron chi connectivity index (χ4n) is 3.64. The van der Waals surface area contributed by atoms with Crippen LogP contribution in [0.2, 0.25) is 0 Å². The molecule has 0 aromatic rings. The first-order valence-corrected chi connectivity index (χ1v) is 13.9. The van der Waals surface area contributed by atoms with Crippen molar-refractivity contribution in [3.8, 4) is 0 Å². The molecule has 204 valence electrons. The Morgan fingerprint density at radius 2 is 1.44 bits per heavy atom. The molecule has 0 aliphatic rings. The Kier molecular flexibility index (Phi) is 17.0. The molecule has 0 rings (SSSR count). The van der Waals surface area contributed by atoms with E-state index in [4.69, 9.17) is 9.47 Å². The van der Waals surface area contributed by atoms with Crippen LogP contribution in [0.4, 0.5) is 0 Å². The Labute approximate surface area is 216 Å². The van der Waals surface area contributed by atoms with Crippen molar-refractivity contribution >= 4 is 23.5 Å². The van der Waals surface area contributed by atoms with Gasteiger partial charge in [-0.1, -0.05) is 76.2 Å². The molecule has 1 atom stereocenters. The third kappa shape index (κ3) is 18.7. The minimum atomic E-state index is -0.458. The molecule has 34 heavy (non-hydrogen) atoms. The molecule has 0 saturated heterocycles. The highest BCUT2D eigenvalue weighted by atomic mass is 32.2. The average Bonchev–Trinajstić information content (AvgIpc) is 2.65. The quantitative estimate of drug-likeness (QED) is 0.230. The molecule has 0 aromatic carbocycles. The van der Waals surface area contributed by atoms with Crippen LogP contribution in [0.15, 0.2) is 0 Å². The van der Waals surface area contributed by atoms with Gasteiger partial charge in [-0.05, 0) is 37.4 Å². The Bertz CT molecular complexity index is 587. The standard InChI is InChI=1S/C26H51NO4S.C2H6/c1-12-26(11,31-14-13-25(9,10)32-20(2)3)16-22(29)27-17-24(7,8)19-30-18-23(5,6)15-21(4)28;1-2/h20H,12-19H2,1-11H3,(H,27,29);1-2H3. The maximum absolute atomic E-state index is 12.7. The molecular weight excluding hydrogens is 446 g/mol. The number of rotatable bonds is 17. The molecule has 0 bridgehead atoms. The molecule has 0 radical (unpaired) electrons. The second kappa shape index (κ2) is 16.2. The number of ether oxygens (including phenoxy) is 2. The maximum atomic E-state index is 12.7. The Morgan fingerprint density at radius 1 is 0.912 bits per heavy atom. The summed E-state index contributed by atoms with van der Waals surface area (Å²) in [4.78, 5) is 24.0. The van der Waals surface area contributed by atoms with Crippen molar-refractivity contribution in [1.82, 2.24) is 5.32 Å². The molecule has 0 spiro atoms. The Hall–Kier alpha value is -0.590. The van der Waals surface area contributed by atoms with E-state index in [1.807, 2.05) is 46.4 Å². The van der Waals surface area contributed by atoms with E-state index in [2.05, 4.69) is 53.8 Å². The van der Waals surface area contributed by atoms with E-state index in [9.17, 15) is 9.59 Å². The van der Waals surface area contributed by atoms with Crippen LogP contribution >= 0.6 is 11.8 Å². The molecule has 5 nitrogen and oxygen atoms in total. The van der Waals surface area contributed by atoms with Crippen LogP contribution in [0.5, 0.6) is 0 Å². The van der Waals surface area contributed by atoms with Crippen LogP contribution in [0.1, 0.15) is 116 Å². The van der Waals surface area contributed by atoms with Gasteiger partial charge in [-0.2, -0.15) is 11.8 Å². The van der Waals surface area contributed by atoms with Gasteiger partial charge in [-0.3, -0.25) is 4.79 Å². The smallest absolute Gasteiger partial charge is 0.222 e. The monoisotopic (exact) mass is 503 g/mol. The summed E-state index contributed by atoms with van der Waals surface area (Å²) in [6.07, 6.45) is 2.60. The number of nitrogens with one attached hydrogen (secondary N) is 1. The topological polar surface area (TPSA) is 64.6 Å². The zero-order valence-corrected chi connectivity index (χ0v) is 25.6.